The second kappa shape index (κ2) is 10.3. The molecule has 0 saturated carbocycles. The van der Waals surface area contributed by atoms with Crippen LogP contribution < -0.4 is 5.32 Å². The van der Waals surface area contributed by atoms with Crippen molar-refractivity contribution in [1.82, 2.24) is 34.3 Å². The summed E-state index contributed by atoms with van der Waals surface area (Å²) < 4.78 is 17.0. The van der Waals surface area contributed by atoms with E-state index >= 15 is 0 Å². The zero-order valence-electron chi connectivity index (χ0n) is 21.4. The summed E-state index contributed by atoms with van der Waals surface area (Å²) in [6.45, 7) is 14.5. The van der Waals surface area contributed by atoms with Crippen molar-refractivity contribution in [1.29, 1.82) is 0 Å². The molecule has 1 aliphatic heterocycles. The third kappa shape index (κ3) is 5.08. The fourth-order valence-electron chi connectivity index (χ4n) is 4.89. The number of pyridine rings is 1. The van der Waals surface area contributed by atoms with Gasteiger partial charge in [-0.2, -0.15) is 0 Å². The number of piperazine rings is 1. The molecule has 36 heavy (non-hydrogen) atoms. The fraction of sp³-hybridized carbons (Fsp3) is 0.407. The van der Waals surface area contributed by atoms with Gasteiger partial charge in [-0.3, -0.25) is 9.88 Å². The molecule has 0 unspecified atom stereocenters. The summed E-state index contributed by atoms with van der Waals surface area (Å²) in [4.78, 5) is 22.9. The fourth-order valence-corrected chi connectivity index (χ4v) is 4.89. The Balaban J connectivity index is 1.31. The Morgan fingerprint density at radius 1 is 0.944 bits per heavy atom. The molecule has 0 radical (unpaired) electrons. The number of aryl methyl sites for hydroxylation is 1. The van der Waals surface area contributed by atoms with E-state index in [9.17, 15) is 4.39 Å². The van der Waals surface area contributed by atoms with Gasteiger partial charge >= 0.3 is 0 Å². The minimum absolute atomic E-state index is 0.182. The molecule has 9 heteroatoms. The van der Waals surface area contributed by atoms with Gasteiger partial charge < -0.3 is 14.8 Å². The van der Waals surface area contributed by atoms with Gasteiger partial charge in [-0.15, -0.1) is 0 Å². The molecule has 1 aliphatic rings. The highest BCUT2D eigenvalue weighted by atomic mass is 19.1. The van der Waals surface area contributed by atoms with Gasteiger partial charge in [0.2, 0.25) is 0 Å². The third-order valence-corrected chi connectivity index (χ3v) is 6.79. The van der Waals surface area contributed by atoms with Crippen LogP contribution >= 0.6 is 0 Å². The van der Waals surface area contributed by atoms with Crippen molar-refractivity contribution in [2.45, 2.75) is 40.3 Å². The van der Waals surface area contributed by atoms with Gasteiger partial charge in [0.1, 0.15) is 23.0 Å². The van der Waals surface area contributed by atoms with E-state index in [1.807, 2.05) is 31.3 Å². The van der Waals surface area contributed by atoms with Gasteiger partial charge in [0.15, 0.2) is 5.82 Å². The lowest BCUT2D eigenvalue weighted by atomic mass is 10.1. The number of aromatic nitrogens is 5. The second-order valence-electron chi connectivity index (χ2n) is 9.61. The van der Waals surface area contributed by atoms with Crippen LogP contribution in [0.5, 0.6) is 0 Å². The number of halogens is 1. The highest BCUT2D eigenvalue weighted by molar-refractivity contribution is 5.84. The molecule has 5 rings (SSSR count). The summed E-state index contributed by atoms with van der Waals surface area (Å²) in [6.07, 6.45) is 5.27. The molecule has 3 aromatic heterocycles. The maximum absolute atomic E-state index is 14.9. The summed E-state index contributed by atoms with van der Waals surface area (Å²) in [5.74, 6) is 1.72. The largest absolute Gasteiger partial charge is 0.326 e. The zero-order chi connectivity index (χ0) is 25.2. The van der Waals surface area contributed by atoms with Crippen molar-refractivity contribution in [3.63, 3.8) is 0 Å². The van der Waals surface area contributed by atoms with E-state index in [0.717, 1.165) is 67.4 Å². The van der Waals surface area contributed by atoms with Crippen LogP contribution in [0.1, 0.15) is 38.3 Å². The molecule has 188 valence electrons. The third-order valence-electron chi connectivity index (χ3n) is 6.79. The average Bonchev–Trinajstić information content (AvgIpc) is 3.22. The Morgan fingerprint density at radius 3 is 2.42 bits per heavy atom. The number of anilines is 2. The molecule has 8 nitrogen and oxygen atoms in total. The van der Waals surface area contributed by atoms with E-state index in [4.69, 9.17) is 0 Å². The van der Waals surface area contributed by atoms with Crippen LogP contribution in [-0.2, 0) is 6.54 Å². The quantitative estimate of drug-likeness (QED) is 0.401. The van der Waals surface area contributed by atoms with E-state index in [1.165, 1.54) is 6.07 Å². The number of hydrogen-bond donors (Lipinski definition) is 1. The van der Waals surface area contributed by atoms with Crippen LogP contribution in [0.3, 0.4) is 0 Å². The molecule has 0 aliphatic carbocycles. The highest BCUT2D eigenvalue weighted by Crippen LogP contribution is 2.30. The first kappa shape index (κ1) is 24.3. The monoisotopic (exact) mass is 488 g/mol. The van der Waals surface area contributed by atoms with Crippen LogP contribution in [0.2, 0.25) is 0 Å². The minimum atomic E-state index is -0.325. The summed E-state index contributed by atoms with van der Waals surface area (Å²) in [5.41, 5.74) is 3.78. The lowest BCUT2D eigenvalue weighted by Crippen LogP contribution is -2.45. The Hall–Kier alpha value is -3.43. The number of nitrogens with zero attached hydrogens (tertiary/aromatic N) is 7. The van der Waals surface area contributed by atoms with E-state index in [0.29, 0.717) is 17.2 Å². The molecule has 4 heterocycles. The molecule has 1 fully saturated rings. The first-order valence-corrected chi connectivity index (χ1v) is 12.6. The van der Waals surface area contributed by atoms with E-state index < -0.39 is 0 Å². The van der Waals surface area contributed by atoms with Crippen LogP contribution in [0, 0.1) is 12.7 Å². The molecule has 1 aromatic carbocycles. The first-order chi connectivity index (χ1) is 17.4. The number of imidazole rings is 1. The van der Waals surface area contributed by atoms with Gasteiger partial charge in [-0.05, 0) is 62.7 Å². The lowest BCUT2D eigenvalue weighted by molar-refractivity contribution is 0.130. The number of fused-ring (bicyclic) bond motifs is 1. The van der Waals surface area contributed by atoms with Gasteiger partial charge in [0.05, 0.1) is 23.6 Å². The molecule has 4 aromatic rings. The van der Waals surface area contributed by atoms with Crippen LogP contribution in [0.25, 0.3) is 22.2 Å². The maximum Gasteiger partial charge on any atom is 0.151 e. The lowest BCUT2D eigenvalue weighted by Gasteiger charge is -2.33. The van der Waals surface area contributed by atoms with E-state index in [1.54, 1.807) is 12.4 Å². The topological polar surface area (TPSA) is 75.0 Å². The standard InChI is InChI=1S/C27H33FN8/c1-5-34-8-10-35(11-9-34)17-22-15-31-26(16-30-22)33-25-14-20(6-7-29-25)21-12-23(28)27-24(13-21)36(18(2)3)19(4)32-27/h6-7,12-16,18H,5,8-11,17H2,1-4H3,(H,29,31,33). The number of nitrogens with one attached hydrogen (secondary N) is 1. The Morgan fingerprint density at radius 2 is 1.72 bits per heavy atom. The summed E-state index contributed by atoms with van der Waals surface area (Å²) in [7, 11) is 0. The van der Waals surface area contributed by atoms with Gasteiger partial charge in [0.25, 0.3) is 0 Å². The predicted molar refractivity (Wildman–Crippen MR) is 141 cm³/mol. The van der Waals surface area contributed by atoms with Crippen LogP contribution in [-0.4, -0.2) is 67.0 Å². The summed E-state index contributed by atoms with van der Waals surface area (Å²) >= 11 is 0. The number of rotatable bonds is 7. The van der Waals surface area contributed by atoms with Crippen molar-refractivity contribution in [3.05, 3.63) is 60.2 Å². The summed E-state index contributed by atoms with van der Waals surface area (Å²) in [6, 6.07) is 7.48. The van der Waals surface area contributed by atoms with Crippen LogP contribution in [0.4, 0.5) is 16.0 Å². The van der Waals surface area contributed by atoms with Crippen molar-refractivity contribution >= 4 is 22.7 Å². The molecule has 1 N–H and O–H groups in total. The zero-order valence-corrected chi connectivity index (χ0v) is 21.4. The number of likely N-dealkylation sites (N-methyl/N-ethyl adjacent to an activating group) is 1. The van der Waals surface area contributed by atoms with Gasteiger partial charge in [-0.25, -0.2) is 19.3 Å². The highest BCUT2D eigenvalue weighted by Gasteiger charge is 2.17. The molecule has 0 amide bonds. The molecular weight excluding hydrogens is 455 g/mol. The SMILES string of the molecule is CCN1CCN(Cc2cnc(Nc3cc(-c4cc(F)c5nc(C)n(C(C)C)c5c4)ccn3)cn2)CC1. The number of benzene rings is 1. The van der Waals surface area contributed by atoms with E-state index in [-0.39, 0.29) is 11.9 Å². The smallest absolute Gasteiger partial charge is 0.151 e. The second-order valence-corrected chi connectivity index (χ2v) is 9.61. The Labute approximate surface area is 211 Å². The van der Waals surface area contributed by atoms with Gasteiger partial charge in [-0.1, -0.05) is 6.92 Å². The molecule has 0 spiro atoms. The summed E-state index contributed by atoms with van der Waals surface area (Å²) in [5, 5.41) is 3.23. The van der Waals surface area contributed by atoms with Crippen molar-refractivity contribution in [2.24, 2.45) is 0 Å². The van der Waals surface area contributed by atoms with Crippen LogP contribution in [0.15, 0.2) is 42.9 Å². The van der Waals surface area contributed by atoms with E-state index in [2.05, 4.69) is 60.4 Å². The molecule has 0 atom stereocenters. The predicted octanol–water partition coefficient (Wildman–Crippen LogP) is 4.80. The minimum Gasteiger partial charge on any atom is -0.326 e. The normalized spacial score (nSPS) is 15.2. The molecule has 1 saturated heterocycles. The van der Waals surface area contributed by atoms with Gasteiger partial charge in [0, 0.05) is 45.0 Å². The maximum atomic E-state index is 14.9. The molecular formula is C27H33FN8. The Kier molecular flexibility index (Phi) is 6.93. The van der Waals surface area contributed by atoms with Crippen molar-refractivity contribution in [2.75, 3.05) is 38.0 Å². The molecule has 0 bridgehead atoms. The van der Waals surface area contributed by atoms with Crippen molar-refractivity contribution in [3.8, 4) is 11.1 Å². The Bertz CT molecular complexity index is 1340. The van der Waals surface area contributed by atoms with Crippen molar-refractivity contribution < 1.29 is 4.39 Å². The first-order valence-electron chi connectivity index (χ1n) is 12.6. The number of hydrogen-bond acceptors (Lipinski definition) is 7. The average molecular weight is 489 g/mol.